The van der Waals surface area contributed by atoms with Crippen LogP contribution in [0.3, 0.4) is 0 Å². The number of hydrogen-bond acceptors (Lipinski definition) is 3. The molecule has 0 amide bonds. The summed E-state index contributed by atoms with van der Waals surface area (Å²) in [6.45, 7) is 0. The molecule has 0 atom stereocenters. The molecule has 3 aromatic rings. The Hall–Kier alpha value is -2.02. The maximum Gasteiger partial charge on any atom is 0.238 e. The van der Waals surface area contributed by atoms with Crippen LogP contribution in [0.4, 0.5) is 0 Å². The van der Waals surface area contributed by atoms with E-state index in [0.29, 0.717) is 5.39 Å². The molecule has 0 bridgehead atoms. The van der Waals surface area contributed by atoms with Crippen LogP contribution in [0.5, 0.6) is 0 Å². The molecule has 0 aliphatic carbocycles. The lowest BCUT2D eigenvalue weighted by molar-refractivity contribution is 0.598. The number of H-pyrrole nitrogens is 1. The highest BCUT2D eigenvalue weighted by Crippen LogP contribution is 2.21. The van der Waals surface area contributed by atoms with Crippen LogP contribution in [0.25, 0.3) is 10.8 Å². The SMILES string of the molecule is NS(=O)(=O)c1cccc2ccccc12.S=c1cccc[nH]1. The predicted octanol–water partition coefficient (Wildman–Crippen LogP) is 3.23. The van der Waals surface area contributed by atoms with E-state index in [-0.39, 0.29) is 4.90 Å². The van der Waals surface area contributed by atoms with Gasteiger partial charge in [-0.15, -0.1) is 0 Å². The third kappa shape index (κ3) is 4.22. The van der Waals surface area contributed by atoms with Crippen LogP contribution in [-0.2, 0) is 10.0 Å². The van der Waals surface area contributed by atoms with Crippen molar-refractivity contribution in [3.05, 3.63) is 71.5 Å². The molecule has 3 rings (SSSR count). The Morgan fingerprint density at radius 2 is 1.57 bits per heavy atom. The van der Waals surface area contributed by atoms with Crippen molar-refractivity contribution in [2.45, 2.75) is 4.90 Å². The molecule has 1 heterocycles. The van der Waals surface area contributed by atoms with Crippen LogP contribution in [0.15, 0.2) is 71.8 Å². The first-order valence-electron chi connectivity index (χ1n) is 6.13. The first-order valence-corrected chi connectivity index (χ1v) is 8.08. The molecule has 6 heteroatoms. The molecule has 1 aromatic heterocycles. The standard InChI is InChI=1S/C10H9NO2S.C5H5NS/c11-14(12,13)10-7-3-5-8-4-1-2-6-9(8)10;7-5-3-1-2-4-6-5/h1-7H,(H2,11,12,13);1-4H,(H,6,7). The van der Waals surface area contributed by atoms with Crippen molar-refractivity contribution in [2.75, 3.05) is 0 Å². The molecule has 3 N–H and O–H groups in total. The summed E-state index contributed by atoms with van der Waals surface area (Å²) in [5.41, 5.74) is 0. The van der Waals surface area contributed by atoms with Gasteiger partial charge in [0.2, 0.25) is 10.0 Å². The highest BCUT2D eigenvalue weighted by Gasteiger charge is 2.10. The number of sulfonamides is 1. The Labute approximate surface area is 128 Å². The Balaban J connectivity index is 0.000000194. The number of nitrogens with one attached hydrogen (secondary N) is 1. The van der Waals surface area contributed by atoms with Crippen molar-refractivity contribution >= 4 is 33.0 Å². The quantitative estimate of drug-likeness (QED) is 0.676. The highest BCUT2D eigenvalue weighted by molar-refractivity contribution is 7.89. The largest absolute Gasteiger partial charge is 0.353 e. The van der Waals surface area contributed by atoms with Gasteiger partial charge >= 0.3 is 0 Å². The summed E-state index contributed by atoms with van der Waals surface area (Å²) in [4.78, 5) is 3.02. The fourth-order valence-corrected chi connectivity index (χ4v) is 2.73. The number of pyridine rings is 1. The number of rotatable bonds is 1. The minimum Gasteiger partial charge on any atom is -0.353 e. The molecule has 2 aromatic carbocycles. The zero-order valence-corrected chi connectivity index (χ0v) is 12.7. The van der Waals surface area contributed by atoms with Crippen molar-refractivity contribution < 1.29 is 8.42 Å². The number of benzene rings is 2. The summed E-state index contributed by atoms with van der Waals surface area (Å²) in [6.07, 6.45) is 1.81. The third-order valence-corrected chi connectivity index (χ3v) is 3.96. The van der Waals surface area contributed by atoms with Gasteiger partial charge < -0.3 is 4.98 Å². The topological polar surface area (TPSA) is 76.0 Å². The van der Waals surface area contributed by atoms with E-state index in [9.17, 15) is 8.42 Å². The van der Waals surface area contributed by atoms with Crippen LogP contribution >= 0.6 is 12.2 Å². The summed E-state index contributed by atoms with van der Waals surface area (Å²) >= 11 is 4.76. The molecule has 108 valence electrons. The van der Waals surface area contributed by atoms with E-state index in [1.54, 1.807) is 18.2 Å². The van der Waals surface area contributed by atoms with Crippen molar-refractivity contribution in [1.82, 2.24) is 4.98 Å². The number of nitrogens with two attached hydrogens (primary N) is 1. The Morgan fingerprint density at radius 1 is 0.905 bits per heavy atom. The zero-order chi connectivity index (χ0) is 15.3. The fraction of sp³-hybridized carbons (Fsp3) is 0. The first-order chi connectivity index (χ1) is 9.98. The van der Waals surface area contributed by atoms with Crippen molar-refractivity contribution in [1.29, 1.82) is 0 Å². The second-order valence-electron chi connectivity index (χ2n) is 4.25. The average Bonchev–Trinajstić information content (AvgIpc) is 2.47. The zero-order valence-electron chi connectivity index (χ0n) is 11.1. The molecule has 0 saturated carbocycles. The van der Waals surface area contributed by atoms with Crippen molar-refractivity contribution in [3.8, 4) is 0 Å². The van der Waals surface area contributed by atoms with Gasteiger partial charge in [-0.05, 0) is 23.6 Å². The number of hydrogen-bond donors (Lipinski definition) is 2. The second kappa shape index (κ2) is 6.62. The average molecular weight is 318 g/mol. The van der Waals surface area contributed by atoms with Gasteiger partial charge in [0, 0.05) is 11.6 Å². The maximum absolute atomic E-state index is 11.2. The van der Waals surface area contributed by atoms with Crippen LogP contribution in [-0.4, -0.2) is 13.4 Å². The van der Waals surface area contributed by atoms with Crippen LogP contribution in [0.2, 0.25) is 0 Å². The van der Waals surface area contributed by atoms with Crippen LogP contribution < -0.4 is 5.14 Å². The molecule has 0 aliphatic rings. The summed E-state index contributed by atoms with van der Waals surface area (Å²) in [7, 11) is -3.63. The fourth-order valence-electron chi connectivity index (χ4n) is 1.82. The van der Waals surface area contributed by atoms with Crippen molar-refractivity contribution in [3.63, 3.8) is 0 Å². The summed E-state index contributed by atoms with van der Waals surface area (Å²) < 4.78 is 23.2. The van der Waals surface area contributed by atoms with E-state index < -0.39 is 10.0 Å². The van der Waals surface area contributed by atoms with Gasteiger partial charge in [0.05, 0.1) is 4.90 Å². The van der Waals surface area contributed by atoms with E-state index in [2.05, 4.69) is 4.98 Å². The molecule has 0 spiro atoms. The third-order valence-electron chi connectivity index (χ3n) is 2.74. The molecule has 0 fully saturated rings. The van der Waals surface area contributed by atoms with Crippen LogP contribution in [0.1, 0.15) is 0 Å². The van der Waals surface area contributed by atoms with E-state index in [1.807, 2.05) is 42.6 Å². The van der Waals surface area contributed by atoms with Gasteiger partial charge in [0.1, 0.15) is 4.64 Å². The molecule has 4 nitrogen and oxygen atoms in total. The van der Waals surface area contributed by atoms with Gasteiger partial charge in [-0.25, -0.2) is 13.6 Å². The Kier molecular flexibility index (Phi) is 4.85. The summed E-state index contributed by atoms with van der Waals surface area (Å²) in [5, 5.41) is 6.63. The molecule has 21 heavy (non-hydrogen) atoms. The van der Waals surface area contributed by atoms with Gasteiger partial charge in [-0.1, -0.05) is 54.7 Å². The predicted molar refractivity (Wildman–Crippen MR) is 86.9 cm³/mol. The van der Waals surface area contributed by atoms with E-state index in [1.165, 1.54) is 6.07 Å². The Morgan fingerprint density at radius 3 is 2.14 bits per heavy atom. The second-order valence-corrected chi connectivity index (χ2v) is 6.22. The smallest absolute Gasteiger partial charge is 0.238 e. The number of aromatic amines is 1. The molecule has 0 aliphatic heterocycles. The molecule has 0 saturated heterocycles. The van der Waals surface area contributed by atoms with E-state index in [4.69, 9.17) is 17.4 Å². The highest BCUT2D eigenvalue weighted by atomic mass is 32.2. The Bertz CT molecular complexity index is 880. The molecular weight excluding hydrogens is 304 g/mol. The lowest BCUT2D eigenvalue weighted by Crippen LogP contribution is -2.12. The molecule has 0 radical (unpaired) electrons. The normalized spacial score (nSPS) is 10.7. The monoisotopic (exact) mass is 318 g/mol. The summed E-state index contributed by atoms with van der Waals surface area (Å²) in [6, 6.07) is 17.9. The minimum absolute atomic E-state index is 0.176. The lowest BCUT2D eigenvalue weighted by atomic mass is 10.1. The van der Waals surface area contributed by atoms with Gasteiger partial charge in [-0.2, -0.15) is 0 Å². The van der Waals surface area contributed by atoms with E-state index in [0.717, 1.165) is 10.0 Å². The van der Waals surface area contributed by atoms with Gasteiger partial charge in [0.15, 0.2) is 0 Å². The maximum atomic E-state index is 11.2. The molecular formula is C15H14N2O2S2. The first kappa shape index (κ1) is 15.4. The van der Waals surface area contributed by atoms with Gasteiger partial charge in [-0.3, -0.25) is 0 Å². The minimum atomic E-state index is -3.63. The van der Waals surface area contributed by atoms with Crippen molar-refractivity contribution in [2.24, 2.45) is 5.14 Å². The van der Waals surface area contributed by atoms with Gasteiger partial charge in [0.25, 0.3) is 0 Å². The van der Waals surface area contributed by atoms with E-state index >= 15 is 0 Å². The van der Waals surface area contributed by atoms with Crippen LogP contribution in [0, 0.1) is 4.64 Å². The lowest BCUT2D eigenvalue weighted by Gasteiger charge is -2.02. The number of primary sulfonamides is 1. The number of fused-ring (bicyclic) bond motifs is 1. The number of aromatic nitrogens is 1. The molecule has 0 unspecified atom stereocenters. The summed E-state index contributed by atoms with van der Waals surface area (Å²) in [5.74, 6) is 0.